The van der Waals surface area contributed by atoms with Crippen LogP contribution in [-0.4, -0.2) is 32.0 Å². The van der Waals surface area contributed by atoms with Gasteiger partial charge in [0.25, 0.3) is 0 Å². The number of ether oxygens (including phenoxy) is 1. The van der Waals surface area contributed by atoms with E-state index in [9.17, 15) is 9.59 Å². The van der Waals surface area contributed by atoms with Crippen LogP contribution in [0.25, 0.3) is 0 Å². The third-order valence-corrected chi connectivity index (χ3v) is 4.01. The maximum absolute atomic E-state index is 11.7. The van der Waals surface area contributed by atoms with Gasteiger partial charge in [-0.3, -0.25) is 9.59 Å². The van der Waals surface area contributed by atoms with Gasteiger partial charge in [-0.25, -0.2) is 0 Å². The summed E-state index contributed by atoms with van der Waals surface area (Å²) in [6, 6.07) is 7.77. The first-order valence-electron chi connectivity index (χ1n) is 7.78. The molecule has 0 aromatic heterocycles. The predicted molar refractivity (Wildman–Crippen MR) is 84.6 cm³/mol. The molecule has 1 saturated carbocycles. The molecule has 1 fully saturated rings. The van der Waals surface area contributed by atoms with E-state index in [-0.39, 0.29) is 17.7 Å². The summed E-state index contributed by atoms with van der Waals surface area (Å²) < 4.78 is 5.27. The molecule has 22 heavy (non-hydrogen) atoms. The summed E-state index contributed by atoms with van der Waals surface area (Å²) in [7, 11) is 1.64. The lowest BCUT2D eigenvalue weighted by molar-refractivity contribution is -0.123. The van der Waals surface area contributed by atoms with E-state index in [1.54, 1.807) is 7.11 Å². The smallest absolute Gasteiger partial charge is 0.223 e. The highest BCUT2D eigenvalue weighted by atomic mass is 16.5. The largest absolute Gasteiger partial charge is 0.496 e. The molecule has 2 amide bonds. The highest BCUT2D eigenvalue weighted by Crippen LogP contribution is 2.37. The van der Waals surface area contributed by atoms with Crippen LogP contribution in [0.4, 0.5) is 0 Å². The molecule has 2 atom stereocenters. The van der Waals surface area contributed by atoms with Crippen molar-refractivity contribution < 1.29 is 14.3 Å². The Bertz CT molecular complexity index is 530. The second kappa shape index (κ2) is 7.82. The zero-order valence-corrected chi connectivity index (χ0v) is 13.2. The number of benzene rings is 1. The van der Waals surface area contributed by atoms with E-state index in [1.165, 1.54) is 0 Å². The zero-order valence-electron chi connectivity index (χ0n) is 13.2. The molecule has 0 radical (unpaired) electrons. The van der Waals surface area contributed by atoms with Crippen LogP contribution >= 0.6 is 0 Å². The van der Waals surface area contributed by atoms with Gasteiger partial charge in [0.1, 0.15) is 5.75 Å². The summed E-state index contributed by atoms with van der Waals surface area (Å²) in [5.41, 5.74) is 1.07. The second-order valence-electron chi connectivity index (χ2n) is 5.77. The number of amides is 2. The van der Waals surface area contributed by atoms with Gasteiger partial charge in [0.05, 0.1) is 7.11 Å². The number of carbonyl (C=O) groups excluding carboxylic acids is 2. The summed E-state index contributed by atoms with van der Waals surface area (Å²) in [5, 5.41) is 5.68. The van der Waals surface area contributed by atoms with E-state index in [2.05, 4.69) is 17.6 Å². The second-order valence-corrected chi connectivity index (χ2v) is 5.77. The molecule has 2 N–H and O–H groups in total. The minimum absolute atomic E-state index is 0.0426. The number of carbonyl (C=O) groups is 2. The van der Waals surface area contributed by atoms with Crippen molar-refractivity contribution in [3.05, 3.63) is 29.8 Å². The lowest BCUT2D eigenvalue weighted by atomic mass is 10.1. The van der Waals surface area contributed by atoms with Crippen molar-refractivity contribution in [2.75, 3.05) is 20.2 Å². The van der Waals surface area contributed by atoms with Crippen LogP contribution in [0.15, 0.2) is 24.3 Å². The summed E-state index contributed by atoms with van der Waals surface area (Å²) in [6.45, 7) is 3.03. The molecule has 0 spiro atoms. The van der Waals surface area contributed by atoms with Crippen molar-refractivity contribution >= 4 is 11.8 Å². The summed E-state index contributed by atoms with van der Waals surface area (Å²) >= 11 is 0. The maximum Gasteiger partial charge on any atom is 0.223 e. The number of hydrogen-bond acceptors (Lipinski definition) is 3. The molecule has 2 unspecified atom stereocenters. The van der Waals surface area contributed by atoms with E-state index in [1.807, 2.05) is 24.3 Å². The van der Waals surface area contributed by atoms with E-state index in [0.717, 1.165) is 24.2 Å². The lowest BCUT2D eigenvalue weighted by Crippen LogP contribution is -2.32. The highest BCUT2D eigenvalue weighted by molar-refractivity contribution is 5.82. The van der Waals surface area contributed by atoms with Crippen molar-refractivity contribution in [1.82, 2.24) is 10.6 Å². The Balaban J connectivity index is 1.60. The number of para-hydroxylation sites is 1. The molecule has 5 nitrogen and oxygen atoms in total. The van der Waals surface area contributed by atoms with Gasteiger partial charge in [0.2, 0.25) is 11.8 Å². The molecule has 1 aromatic carbocycles. The fourth-order valence-corrected chi connectivity index (χ4v) is 2.45. The Kier molecular flexibility index (Phi) is 5.81. The average molecular weight is 304 g/mol. The van der Waals surface area contributed by atoms with Crippen LogP contribution in [0.1, 0.15) is 25.3 Å². The maximum atomic E-state index is 11.7. The lowest BCUT2D eigenvalue weighted by Gasteiger charge is -2.09. The fraction of sp³-hybridized carbons (Fsp3) is 0.529. The molecule has 0 heterocycles. The minimum atomic E-state index is -0.0426. The van der Waals surface area contributed by atoms with E-state index in [0.29, 0.717) is 25.4 Å². The average Bonchev–Trinajstić information content (AvgIpc) is 3.24. The van der Waals surface area contributed by atoms with E-state index >= 15 is 0 Å². The van der Waals surface area contributed by atoms with Gasteiger partial charge in [0.15, 0.2) is 0 Å². The standard InChI is InChI=1S/C17H24N2O3/c1-12-11-14(12)17(21)19-10-8-16(20)18-9-7-13-5-3-4-6-15(13)22-2/h3-6,12,14H,7-11H2,1-2H3,(H,18,20)(H,19,21). The number of rotatable bonds is 8. The molecule has 1 aromatic rings. The van der Waals surface area contributed by atoms with Crippen molar-refractivity contribution in [2.45, 2.75) is 26.2 Å². The summed E-state index contributed by atoms with van der Waals surface area (Å²) in [5.74, 6) is 1.53. The quantitative estimate of drug-likeness (QED) is 0.765. The van der Waals surface area contributed by atoms with Crippen LogP contribution in [0.3, 0.4) is 0 Å². The van der Waals surface area contributed by atoms with Gasteiger partial charge in [0, 0.05) is 25.4 Å². The first-order chi connectivity index (χ1) is 10.6. The first kappa shape index (κ1) is 16.3. The van der Waals surface area contributed by atoms with Gasteiger partial charge in [-0.1, -0.05) is 25.1 Å². The Labute approximate surface area is 131 Å². The van der Waals surface area contributed by atoms with Crippen LogP contribution in [0.2, 0.25) is 0 Å². The molecule has 1 aliphatic carbocycles. The van der Waals surface area contributed by atoms with Crippen molar-refractivity contribution in [1.29, 1.82) is 0 Å². The fourth-order valence-electron chi connectivity index (χ4n) is 2.45. The zero-order chi connectivity index (χ0) is 15.9. The van der Waals surface area contributed by atoms with Crippen LogP contribution < -0.4 is 15.4 Å². The molecule has 5 heteroatoms. The van der Waals surface area contributed by atoms with Crippen molar-refractivity contribution in [3.63, 3.8) is 0 Å². The molecule has 2 rings (SSSR count). The SMILES string of the molecule is COc1ccccc1CCNC(=O)CCNC(=O)C1CC1C. The topological polar surface area (TPSA) is 67.4 Å². The van der Waals surface area contributed by atoms with Gasteiger partial charge < -0.3 is 15.4 Å². The van der Waals surface area contributed by atoms with Gasteiger partial charge >= 0.3 is 0 Å². The van der Waals surface area contributed by atoms with E-state index < -0.39 is 0 Å². The number of hydrogen-bond donors (Lipinski definition) is 2. The minimum Gasteiger partial charge on any atom is -0.496 e. The molecule has 0 aliphatic heterocycles. The summed E-state index contributed by atoms with van der Waals surface area (Å²) in [4.78, 5) is 23.3. The molecular formula is C17H24N2O3. The van der Waals surface area contributed by atoms with Crippen molar-refractivity contribution in [3.8, 4) is 5.75 Å². The Morgan fingerprint density at radius 3 is 2.64 bits per heavy atom. The highest BCUT2D eigenvalue weighted by Gasteiger charge is 2.38. The third-order valence-electron chi connectivity index (χ3n) is 4.01. The van der Waals surface area contributed by atoms with Gasteiger partial charge in [-0.15, -0.1) is 0 Å². The normalized spacial score (nSPS) is 19.4. The molecule has 0 bridgehead atoms. The monoisotopic (exact) mass is 304 g/mol. The predicted octanol–water partition coefficient (Wildman–Crippen LogP) is 1.52. The number of nitrogens with one attached hydrogen (secondary N) is 2. The third kappa shape index (κ3) is 4.76. The van der Waals surface area contributed by atoms with Gasteiger partial charge in [-0.05, 0) is 30.4 Å². The van der Waals surface area contributed by atoms with Crippen LogP contribution in [0, 0.1) is 11.8 Å². The first-order valence-corrected chi connectivity index (χ1v) is 7.78. The van der Waals surface area contributed by atoms with Crippen molar-refractivity contribution in [2.24, 2.45) is 11.8 Å². The molecule has 0 saturated heterocycles. The van der Waals surface area contributed by atoms with Crippen LogP contribution in [-0.2, 0) is 16.0 Å². The Hall–Kier alpha value is -2.04. The molecular weight excluding hydrogens is 280 g/mol. The summed E-state index contributed by atoms with van der Waals surface area (Å²) in [6.07, 6.45) is 2.01. The van der Waals surface area contributed by atoms with Crippen LogP contribution in [0.5, 0.6) is 5.75 Å². The van der Waals surface area contributed by atoms with E-state index in [4.69, 9.17) is 4.74 Å². The Morgan fingerprint density at radius 2 is 1.95 bits per heavy atom. The molecule has 120 valence electrons. The number of methoxy groups -OCH3 is 1. The molecule has 1 aliphatic rings. The van der Waals surface area contributed by atoms with Gasteiger partial charge in [-0.2, -0.15) is 0 Å². The Morgan fingerprint density at radius 1 is 1.23 bits per heavy atom.